The molecule has 0 heterocycles. The molecule has 0 spiro atoms. The Labute approximate surface area is 109 Å². The van der Waals surface area contributed by atoms with E-state index in [0.29, 0.717) is 23.5 Å². The van der Waals surface area contributed by atoms with Crippen LogP contribution < -0.4 is 11.1 Å². The summed E-state index contributed by atoms with van der Waals surface area (Å²) in [5.74, 6) is 0.0715. The average molecular weight is 300 g/mol. The van der Waals surface area contributed by atoms with Crippen LogP contribution in [0, 0.1) is 5.82 Å². The summed E-state index contributed by atoms with van der Waals surface area (Å²) < 4.78 is 13.5. The zero-order valence-corrected chi connectivity index (χ0v) is 11.2. The van der Waals surface area contributed by atoms with Crippen molar-refractivity contribution in [2.24, 2.45) is 10.7 Å². The fourth-order valence-electron chi connectivity index (χ4n) is 1.12. The monoisotopic (exact) mass is 299 g/mol. The molecular formula is C12H15BrFN3. The van der Waals surface area contributed by atoms with Crippen LogP contribution >= 0.6 is 15.9 Å². The Morgan fingerprint density at radius 2 is 2.29 bits per heavy atom. The average Bonchev–Trinajstić information content (AvgIpc) is 2.25. The van der Waals surface area contributed by atoms with Crippen LogP contribution in [-0.2, 0) is 6.54 Å². The maximum absolute atomic E-state index is 12.8. The maximum Gasteiger partial charge on any atom is 0.189 e. The number of nitrogens with two attached hydrogens (primary N) is 1. The highest BCUT2D eigenvalue weighted by Crippen LogP contribution is 2.18. The first-order valence-electron chi connectivity index (χ1n) is 5.11. The molecule has 1 aromatic rings. The summed E-state index contributed by atoms with van der Waals surface area (Å²) in [6, 6.07) is 4.48. The van der Waals surface area contributed by atoms with Crippen molar-refractivity contribution in [2.45, 2.75) is 13.5 Å². The minimum Gasteiger partial charge on any atom is -0.370 e. The van der Waals surface area contributed by atoms with Crippen LogP contribution in [0.1, 0.15) is 12.5 Å². The van der Waals surface area contributed by atoms with Crippen molar-refractivity contribution in [3.05, 3.63) is 46.2 Å². The Balaban J connectivity index is 2.59. The molecule has 0 saturated carbocycles. The Hall–Kier alpha value is -1.36. The summed E-state index contributed by atoms with van der Waals surface area (Å²) in [6.45, 7) is 6.64. The van der Waals surface area contributed by atoms with E-state index < -0.39 is 0 Å². The number of nitrogens with zero attached hydrogens (tertiary/aromatic N) is 1. The largest absolute Gasteiger partial charge is 0.370 e. The van der Waals surface area contributed by atoms with E-state index in [-0.39, 0.29) is 5.82 Å². The standard InChI is InChI=1S/C12H15BrFN3/c1-8(2)6-16-12(15)17-7-9-3-4-10(14)5-11(9)13/h3-5H,1,6-7H2,2H3,(H3,15,16,17). The van der Waals surface area contributed by atoms with Gasteiger partial charge < -0.3 is 11.1 Å². The minimum absolute atomic E-state index is 0.280. The fraction of sp³-hybridized carbons (Fsp3) is 0.250. The van der Waals surface area contributed by atoms with E-state index in [2.05, 4.69) is 32.8 Å². The van der Waals surface area contributed by atoms with Crippen molar-refractivity contribution < 1.29 is 4.39 Å². The van der Waals surface area contributed by atoms with Crippen molar-refractivity contribution in [2.75, 3.05) is 6.54 Å². The highest BCUT2D eigenvalue weighted by molar-refractivity contribution is 9.10. The lowest BCUT2D eigenvalue weighted by Crippen LogP contribution is -2.32. The Bertz CT molecular complexity index is 443. The van der Waals surface area contributed by atoms with E-state index in [1.54, 1.807) is 6.07 Å². The van der Waals surface area contributed by atoms with Crippen LogP contribution in [0.5, 0.6) is 0 Å². The smallest absolute Gasteiger partial charge is 0.189 e. The van der Waals surface area contributed by atoms with Gasteiger partial charge in [0.1, 0.15) is 5.82 Å². The van der Waals surface area contributed by atoms with Gasteiger partial charge in [-0.05, 0) is 24.6 Å². The van der Waals surface area contributed by atoms with Gasteiger partial charge in [-0.1, -0.05) is 34.1 Å². The number of nitrogens with one attached hydrogen (secondary N) is 1. The molecule has 17 heavy (non-hydrogen) atoms. The molecular weight excluding hydrogens is 285 g/mol. The van der Waals surface area contributed by atoms with Crippen LogP contribution in [0.2, 0.25) is 0 Å². The number of rotatable bonds is 4. The van der Waals surface area contributed by atoms with Crippen molar-refractivity contribution in [1.29, 1.82) is 0 Å². The molecule has 0 aliphatic carbocycles. The zero-order valence-electron chi connectivity index (χ0n) is 9.63. The van der Waals surface area contributed by atoms with Gasteiger partial charge in [-0.15, -0.1) is 0 Å². The van der Waals surface area contributed by atoms with E-state index in [1.807, 2.05) is 6.92 Å². The second-order valence-electron chi connectivity index (χ2n) is 3.75. The predicted molar refractivity (Wildman–Crippen MR) is 72.2 cm³/mol. The van der Waals surface area contributed by atoms with Crippen LogP contribution in [0.15, 0.2) is 39.8 Å². The molecule has 0 radical (unpaired) electrons. The lowest BCUT2D eigenvalue weighted by Gasteiger charge is -2.05. The van der Waals surface area contributed by atoms with Gasteiger partial charge >= 0.3 is 0 Å². The van der Waals surface area contributed by atoms with Gasteiger partial charge in [-0.2, -0.15) is 0 Å². The van der Waals surface area contributed by atoms with Crippen molar-refractivity contribution in [1.82, 2.24) is 5.32 Å². The van der Waals surface area contributed by atoms with Crippen LogP contribution in [0.4, 0.5) is 4.39 Å². The van der Waals surface area contributed by atoms with E-state index in [1.165, 1.54) is 12.1 Å². The normalized spacial score (nSPS) is 11.4. The van der Waals surface area contributed by atoms with Gasteiger partial charge in [-0.3, -0.25) is 0 Å². The van der Waals surface area contributed by atoms with E-state index >= 15 is 0 Å². The quantitative estimate of drug-likeness (QED) is 0.510. The van der Waals surface area contributed by atoms with E-state index in [4.69, 9.17) is 5.73 Å². The molecule has 0 aliphatic heterocycles. The summed E-state index contributed by atoms with van der Waals surface area (Å²) in [4.78, 5) is 4.15. The minimum atomic E-state index is -0.280. The molecule has 92 valence electrons. The first-order chi connectivity index (χ1) is 7.99. The molecule has 0 aromatic heterocycles. The summed E-state index contributed by atoms with van der Waals surface area (Å²) >= 11 is 3.27. The van der Waals surface area contributed by atoms with Crippen molar-refractivity contribution >= 4 is 21.9 Å². The Kier molecular flexibility index (Phi) is 5.15. The number of halogens is 2. The second kappa shape index (κ2) is 6.39. The summed E-state index contributed by atoms with van der Waals surface area (Å²) in [6.07, 6.45) is 0. The number of guanidine groups is 1. The Morgan fingerprint density at radius 3 is 2.88 bits per heavy atom. The van der Waals surface area contributed by atoms with Gasteiger partial charge in [0.25, 0.3) is 0 Å². The molecule has 1 rings (SSSR count). The molecule has 0 fully saturated rings. The predicted octanol–water partition coefficient (Wildman–Crippen LogP) is 2.57. The van der Waals surface area contributed by atoms with E-state index in [9.17, 15) is 4.39 Å². The van der Waals surface area contributed by atoms with Crippen LogP contribution in [0.3, 0.4) is 0 Å². The molecule has 0 atom stereocenters. The molecule has 3 nitrogen and oxygen atoms in total. The lowest BCUT2D eigenvalue weighted by atomic mass is 10.2. The highest BCUT2D eigenvalue weighted by Gasteiger charge is 2.00. The molecule has 0 saturated heterocycles. The fourth-order valence-corrected chi connectivity index (χ4v) is 1.59. The third kappa shape index (κ3) is 4.99. The van der Waals surface area contributed by atoms with Gasteiger partial charge in [0.2, 0.25) is 0 Å². The number of hydrogen-bond acceptors (Lipinski definition) is 1. The number of hydrogen-bond donors (Lipinski definition) is 2. The number of benzene rings is 1. The molecule has 0 bridgehead atoms. The van der Waals surface area contributed by atoms with Gasteiger partial charge in [0.15, 0.2) is 5.96 Å². The SMILES string of the molecule is C=C(C)CNC(N)=NCc1ccc(F)cc1Br. The highest BCUT2D eigenvalue weighted by atomic mass is 79.9. The zero-order chi connectivity index (χ0) is 12.8. The first-order valence-corrected chi connectivity index (χ1v) is 5.90. The van der Waals surface area contributed by atoms with Crippen LogP contribution in [-0.4, -0.2) is 12.5 Å². The summed E-state index contributed by atoms with van der Waals surface area (Å²) in [5, 5.41) is 2.92. The van der Waals surface area contributed by atoms with E-state index in [0.717, 1.165) is 11.1 Å². The van der Waals surface area contributed by atoms with Gasteiger partial charge in [0, 0.05) is 11.0 Å². The molecule has 0 amide bonds. The topological polar surface area (TPSA) is 50.4 Å². The van der Waals surface area contributed by atoms with Crippen LogP contribution in [0.25, 0.3) is 0 Å². The molecule has 5 heteroatoms. The van der Waals surface area contributed by atoms with Crippen molar-refractivity contribution in [3.8, 4) is 0 Å². The van der Waals surface area contributed by atoms with Crippen molar-refractivity contribution in [3.63, 3.8) is 0 Å². The maximum atomic E-state index is 12.8. The lowest BCUT2D eigenvalue weighted by molar-refractivity contribution is 0.626. The Morgan fingerprint density at radius 1 is 1.59 bits per heavy atom. The first kappa shape index (κ1) is 13.7. The molecule has 0 aliphatic rings. The number of aliphatic imine (C=N–C) groups is 1. The third-order valence-electron chi connectivity index (χ3n) is 2.01. The molecule has 0 unspecified atom stereocenters. The molecule has 1 aromatic carbocycles. The summed E-state index contributed by atoms with van der Waals surface area (Å²) in [7, 11) is 0. The molecule has 3 N–H and O–H groups in total. The summed E-state index contributed by atoms with van der Waals surface area (Å²) in [5.41, 5.74) is 7.52. The van der Waals surface area contributed by atoms with Gasteiger partial charge in [-0.25, -0.2) is 9.38 Å². The second-order valence-corrected chi connectivity index (χ2v) is 4.60. The van der Waals surface area contributed by atoms with Gasteiger partial charge in [0.05, 0.1) is 6.54 Å². The third-order valence-corrected chi connectivity index (χ3v) is 2.74.